The van der Waals surface area contributed by atoms with Crippen LogP contribution in [-0.4, -0.2) is 20.2 Å². The van der Waals surface area contributed by atoms with Gasteiger partial charge < -0.3 is 9.73 Å². The van der Waals surface area contributed by atoms with Crippen LogP contribution in [0.5, 0.6) is 0 Å². The molecule has 0 saturated heterocycles. The normalized spacial score (nSPS) is 15.3. The Hall–Kier alpha value is -3.04. The quantitative estimate of drug-likeness (QED) is 0.692. The number of nitrogens with one attached hydrogen (secondary N) is 1. The van der Waals surface area contributed by atoms with Crippen molar-refractivity contribution in [3.63, 3.8) is 0 Å². The molecule has 0 unspecified atom stereocenters. The van der Waals surface area contributed by atoms with Gasteiger partial charge in [-0.25, -0.2) is 18.7 Å². The van der Waals surface area contributed by atoms with Gasteiger partial charge in [-0.2, -0.15) is 8.78 Å². The predicted octanol–water partition coefficient (Wildman–Crippen LogP) is 3.84. The molecule has 0 atom stereocenters. The van der Waals surface area contributed by atoms with E-state index in [9.17, 15) is 17.6 Å². The van der Waals surface area contributed by atoms with Crippen molar-refractivity contribution in [3.8, 4) is 11.5 Å². The Balaban J connectivity index is 1.53. The lowest BCUT2D eigenvalue weighted by molar-refractivity contribution is 0.116. The molecule has 0 bridgehead atoms. The highest BCUT2D eigenvalue weighted by molar-refractivity contribution is 5.51. The first-order valence-electron chi connectivity index (χ1n) is 7.64. The van der Waals surface area contributed by atoms with Crippen molar-refractivity contribution < 1.29 is 22.0 Å². The molecule has 6 nitrogen and oxygen atoms in total. The summed E-state index contributed by atoms with van der Waals surface area (Å²) in [7, 11) is 0. The third kappa shape index (κ3) is 2.98. The van der Waals surface area contributed by atoms with Gasteiger partial charge in [-0.05, 0) is 30.5 Å². The average Bonchev–Trinajstić information content (AvgIpc) is 3.22. The third-order valence-corrected chi connectivity index (χ3v) is 4.10. The maximum Gasteiger partial charge on any atom is 0.314 e. The molecule has 3 aromatic rings. The van der Waals surface area contributed by atoms with Gasteiger partial charge in [0.1, 0.15) is 0 Å². The monoisotopic (exact) mass is 365 g/mol. The van der Waals surface area contributed by atoms with Crippen molar-refractivity contribution in [2.75, 3.05) is 5.32 Å². The Morgan fingerprint density at radius 3 is 2.35 bits per heavy atom. The van der Waals surface area contributed by atoms with E-state index in [4.69, 9.17) is 4.42 Å². The van der Waals surface area contributed by atoms with Gasteiger partial charge in [-0.1, -0.05) is 6.07 Å². The number of halogens is 4. The molecule has 26 heavy (non-hydrogen) atoms. The highest BCUT2D eigenvalue weighted by atomic mass is 19.3. The second-order valence-electron chi connectivity index (χ2n) is 5.88. The number of anilines is 1. The summed E-state index contributed by atoms with van der Waals surface area (Å²) in [5.74, 6) is -2.47. The van der Waals surface area contributed by atoms with Crippen LogP contribution in [0.15, 0.2) is 35.0 Å². The summed E-state index contributed by atoms with van der Waals surface area (Å²) in [6, 6.07) is 3.73. The minimum absolute atomic E-state index is 0.117. The lowest BCUT2D eigenvalue weighted by Crippen LogP contribution is -2.20. The van der Waals surface area contributed by atoms with E-state index in [-0.39, 0.29) is 17.4 Å². The topological polar surface area (TPSA) is 76.7 Å². The molecule has 0 aliphatic heterocycles. The molecule has 0 amide bonds. The highest BCUT2D eigenvalue weighted by Crippen LogP contribution is 2.48. The van der Waals surface area contributed by atoms with E-state index >= 15 is 0 Å². The number of rotatable bonds is 5. The fourth-order valence-corrected chi connectivity index (χ4v) is 2.56. The summed E-state index contributed by atoms with van der Waals surface area (Å²) in [6.45, 7) is 0. The van der Waals surface area contributed by atoms with Crippen LogP contribution in [0.25, 0.3) is 11.5 Å². The first-order chi connectivity index (χ1) is 12.5. The Labute approximate surface area is 144 Å². The van der Waals surface area contributed by atoms with E-state index in [1.807, 2.05) is 0 Å². The highest BCUT2D eigenvalue weighted by Gasteiger charge is 2.45. The summed E-state index contributed by atoms with van der Waals surface area (Å²) in [5, 5.41) is 9.85. The number of nitrogens with zero attached hydrogens (tertiary/aromatic N) is 4. The summed E-state index contributed by atoms with van der Waals surface area (Å²) < 4.78 is 56.4. The van der Waals surface area contributed by atoms with Gasteiger partial charge in [0.05, 0.1) is 11.1 Å². The van der Waals surface area contributed by atoms with Crippen LogP contribution >= 0.6 is 0 Å². The van der Waals surface area contributed by atoms with Gasteiger partial charge in [0.25, 0.3) is 11.8 Å². The minimum Gasteiger partial charge on any atom is -0.415 e. The molecule has 1 aliphatic rings. The molecule has 4 rings (SSSR count). The van der Waals surface area contributed by atoms with Crippen LogP contribution in [0.3, 0.4) is 0 Å². The first-order valence-corrected chi connectivity index (χ1v) is 7.64. The van der Waals surface area contributed by atoms with Crippen molar-refractivity contribution in [2.45, 2.75) is 24.8 Å². The van der Waals surface area contributed by atoms with Crippen LogP contribution in [0.1, 0.15) is 30.7 Å². The number of hydrogen-bond donors (Lipinski definition) is 1. The molecular weight excluding hydrogens is 354 g/mol. The minimum atomic E-state index is -2.86. The fraction of sp³-hybridized carbons (Fsp3) is 0.250. The van der Waals surface area contributed by atoms with Gasteiger partial charge in [0, 0.05) is 12.4 Å². The summed E-state index contributed by atoms with van der Waals surface area (Å²) in [6.07, 6.45) is 1.26. The van der Waals surface area contributed by atoms with Gasteiger partial charge in [-0.15, -0.1) is 10.2 Å². The van der Waals surface area contributed by atoms with Gasteiger partial charge in [0.2, 0.25) is 5.95 Å². The summed E-state index contributed by atoms with van der Waals surface area (Å²) in [4.78, 5) is 8.19. The number of benzene rings is 1. The summed E-state index contributed by atoms with van der Waals surface area (Å²) >= 11 is 0. The Morgan fingerprint density at radius 1 is 1.04 bits per heavy atom. The number of aromatic nitrogens is 4. The summed E-state index contributed by atoms with van der Waals surface area (Å²) in [5.41, 5.74) is 0.332. The SMILES string of the molecule is Fc1ccc(C2(Nc3ncc(-c4nnc(C(F)F)o4)cn3)CC2)cc1F. The second-order valence-corrected chi connectivity index (χ2v) is 5.88. The zero-order chi connectivity index (χ0) is 18.3. The van der Waals surface area contributed by atoms with Crippen molar-refractivity contribution in [3.05, 3.63) is 53.7 Å². The van der Waals surface area contributed by atoms with Crippen molar-refractivity contribution in [1.82, 2.24) is 20.2 Å². The van der Waals surface area contributed by atoms with E-state index in [1.165, 1.54) is 18.5 Å². The molecule has 1 saturated carbocycles. The van der Waals surface area contributed by atoms with Crippen molar-refractivity contribution >= 4 is 5.95 Å². The standard InChI is InChI=1S/C16H11F4N5O/c17-10-2-1-9(5-11(10)18)16(3-4-16)23-15-21-6-8(7-22-15)13-24-25-14(26-13)12(19)20/h1-2,5-7,12H,3-4H2,(H,21,22,23). The van der Waals surface area contributed by atoms with Crippen LogP contribution in [0.4, 0.5) is 23.5 Å². The fourth-order valence-electron chi connectivity index (χ4n) is 2.56. The van der Waals surface area contributed by atoms with E-state index in [0.717, 1.165) is 12.1 Å². The van der Waals surface area contributed by atoms with Crippen LogP contribution in [-0.2, 0) is 5.54 Å². The molecule has 2 aromatic heterocycles. The molecule has 2 heterocycles. The molecule has 1 N–H and O–H groups in total. The van der Waals surface area contributed by atoms with E-state index in [1.54, 1.807) is 0 Å². The average molecular weight is 365 g/mol. The molecule has 10 heteroatoms. The van der Waals surface area contributed by atoms with Crippen LogP contribution in [0.2, 0.25) is 0 Å². The molecule has 134 valence electrons. The Kier molecular flexibility index (Phi) is 3.82. The molecular formula is C16H11F4N5O. The van der Waals surface area contributed by atoms with Gasteiger partial charge in [0.15, 0.2) is 11.6 Å². The van der Waals surface area contributed by atoms with E-state index in [0.29, 0.717) is 18.4 Å². The first kappa shape index (κ1) is 16.4. The number of alkyl halides is 2. The maximum atomic E-state index is 13.5. The predicted molar refractivity (Wildman–Crippen MR) is 81.2 cm³/mol. The largest absolute Gasteiger partial charge is 0.415 e. The van der Waals surface area contributed by atoms with Crippen LogP contribution in [0, 0.1) is 11.6 Å². The molecule has 1 aromatic carbocycles. The maximum absolute atomic E-state index is 13.5. The lowest BCUT2D eigenvalue weighted by atomic mass is 10.0. The second kappa shape index (κ2) is 6.04. The zero-order valence-corrected chi connectivity index (χ0v) is 13.1. The molecule has 0 spiro atoms. The van der Waals surface area contributed by atoms with Crippen molar-refractivity contribution in [1.29, 1.82) is 0 Å². The lowest BCUT2D eigenvalue weighted by Gasteiger charge is -2.18. The van der Waals surface area contributed by atoms with E-state index in [2.05, 4.69) is 25.5 Å². The zero-order valence-electron chi connectivity index (χ0n) is 13.1. The van der Waals surface area contributed by atoms with Crippen molar-refractivity contribution in [2.24, 2.45) is 0 Å². The smallest absolute Gasteiger partial charge is 0.314 e. The van der Waals surface area contributed by atoms with Gasteiger partial charge in [-0.3, -0.25) is 0 Å². The molecule has 1 aliphatic carbocycles. The van der Waals surface area contributed by atoms with Gasteiger partial charge >= 0.3 is 6.43 Å². The molecule has 0 radical (unpaired) electrons. The number of hydrogen-bond acceptors (Lipinski definition) is 6. The Morgan fingerprint density at radius 2 is 1.77 bits per heavy atom. The molecule has 1 fully saturated rings. The van der Waals surface area contributed by atoms with Crippen LogP contribution < -0.4 is 5.32 Å². The van der Waals surface area contributed by atoms with E-state index < -0.39 is 29.5 Å². The Bertz CT molecular complexity index is 940. The third-order valence-electron chi connectivity index (χ3n) is 4.10.